The molecule has 0 aliphatic heterocycles. The summed E-state index contributed by atoms with van der Waals surface area (Å²) in [6.45, 7) is 5.91. The minimum atomic E-state index is -3.92. The monoisotopic (exact) mass is 483 g/mol. The van der Waals surface area contributed by atoms with E-state index >= 15 is 0 Å². The highest BCUT2D eigenvalue weighted by Crippen LogP contribution is 2.28. The summed E-state index contributed by atoms with van der Waals surface area (Å²) in [6.07, 6.45) is 4.82. The molecule has 0 saturated heterocycles. The zero-order chi connectivity index (χ0) is 23.6. The molecule has 0 bridgehead atoms. The van der Waals surface area contributed by atoms with Gasteiger partial charge in [-0.1, -0.05) is 22.8 Å². The summed E-state index contributed by atoms with van der Waals surface area (Å²) in [4.78, 5) is 17.3. The summed E-state index contributed by atoms with van der Waals surface area (Å²) < 4.78 is 29.0. The van der Waals surface area contributed by atoms with E-state index in [0.29, 0.717) is 23.5 Å². The Morgan fingerprint density at radius 3 is 2.73 bits per heavy atom. The number of rotatable bonds is 7. The molecule has 0 radical (unpaired) electrons. The Kier molecular flexibility index (Phi) is 6.35. The number of anilines is 1. The fourth-order valence-corrected chi connectivity index (χ4v) is 4.61. The summed E-state index contributed by atoms with van der Waals surface area (Å²) >= 11 is 6.19. The van der Waals surface area contributed by atoms with Gasteiger partial charge in [0.25, 0.3) is 10.0 Å². The van der Waals surface area contributed by atoms with Crippen LogP contribution in [-0.2, 0) is 14.9 Å². The van der Waals surface area contributed by atoms with Crippen molar-refractivity contribution in [2.45, 2.75) is 25.7 Å². The number of aromatic amines is 1. The first-order valence-corrected chi connectivity index (χ1v) is 12.0. The number of nitrogens with one attached hydrogen (secondary N) is 2. The molecular formula is C23H22ClN5O3S. The fourth-order valence-electron chi connectivity index (χ4n) is 3.31. The third-order valence-electron chi connectivity index (χ3n) is 5.11. The first-order valence-electron chi connectivity index (χ1n) is 10.2. The second kappa shape index (κ2) is 9.21. The number of halogens is 1. The van der Waals surface area contributed by atoms with Gasteiger partial charge in [0, 0.05) is 29.5 Å². The van der Waals surface area contributed by atoms with Gasteiger partial charge in [0.1, 0.15) is 23.7 Å². The molecule has 0 fully saturated rings. The van der Waals surface area contributed by atoms with Crippen molar-refractivity contribution in [2.24, 2.45) is 5.16 Å². The van der Waals surface area contributed by atoms with Crippen LogP contribution in [0.25, 0.3) is 11.0 Å². The van der Waals surface area contributed by atoms with Gasteiger partial charge in [0.15, 0.2) is 0 Å². The number of H-pyrrole nitrogens is 1. The highest BCUT2D eigenvalue weighted by molar-refractivity contribution is 7.92. The van der Waals surface area contributed by atoms with Gasteiger partial charge in [-0.25, -0.2) is 13.4 Å². The minimum Gasteiger partial charge on any atom is -0.396 e. The van der Waals surface area contributed by atoms with Gasteiger partial charge in [-0.3, -0.25) is 9.71 Å². The number of aromatic nitrogens is 3. The van der Waals surface area contributed by atoms with Crippen molar-refractivity contribution >= 4 is 44.1 Å². The van der Waals surface area contributed by atoms with Gasteiger partial charge in [-0.05, 0) is 62.2 Å². The molecule has 4 rings (SSSR count). The van der Waals surface area contributed by atoms with Gasteiger partial charge in [0.2, 0.25) is 0 Å². The van der Waals surface area contributed by atoms with E-state index in [1.807, 2.05) is 19.9 Å². The molecule has 170 valence electrons. The van der Waals surface area contributed by atoms with E-state index < -0.39 is 10.0 Å². The third-order valence-corrected chi connectivity index (χ3v) is 6.68. The number of nitrogens with zero attached hydrogens (tertiary/aromatic N) is 3. The molecule has 2 N–H and O–H groups in total. The number of sulfonamides is 1. The molecule has 8 nitrogen and oxygen atoms in total. The second-order valence-corrected chi connectivity index (χ2v) is 9.48. The Morgan fingerprint density at radius 1 is 1.15 bits per heavy atom. The Balaban J connectivity index is 1.85. The van der Waals surface area contributed by atoms with Crippen LogP contribution in [0.15, 0.2) is 65.0 Å². The summed E-state index contributed by atoms with van der Waals surface area (Å²) in [5.74, 6) is 0. The van der Waals surface area contributed by atoms with Gasteiger partial charge < -0.3 is 9.82 Å². The van der Waals surface area contributed by atoms with Crippen molar-refractivity contribution in [1.29, 1.82) is 0 Å². The molecule has 0 amide bonds. The molecule has 3 aromatic heterocycles. The summed E-state index contributed by atoms with van der Waals surface area (Å²) in [7, 11) is -3.92. The van der Waals surface area contributed by atoms with Crippen LogP contribution in [-0.4, -0.2) is 35.7 Å². The number of benzene rings is 1. The van der Waals surface area contributed by atoms with Gasteiger partial charge in [0.05, 0.1) is 15.6 Å². The van der Waals surface area contributed by atoms with Crippen molar-refractivity contribution in [3.8, 4) is 0 Å². The molecule has 0 aliphatic carbocycles. The van der Waals surface area contributed by atoms with Crippen LogP contribution in [0.5, 0.6) is 0 Å². The summed E-state index contributed by atoms with van der Waals surface area (Å²) in [5.41, 5.74) is 4.00. The summed E-state index contributed by atoms with van der Waals surface area (Å²) in [5, 5.41) is 5.33. The lowest BCUT2D eigenvalue weighted by molar-refractivity contribution is 0.159. The van der Waals surface area contributed by atoms with Gasteiger partial charge >= 0.3 is 0 Å². The molecule has 4 aromatic rings. The number of hydrogen-bond acceptors (Lipinski definition) is 6. The zero-order valence-corrected chi connectivity index (χ0v) is 19.8. The standard InChI is InChI=1S/C23H22ClN5O3S/c1-4-32-28-21(18-7-9-25-23-19(18)8-10-26-23)22-20(12-16(24)13-27-22)29-33(30,31)17-6-5-14(2)15(3)11-17/h5-13,29H,4H2,1-3H3,(H,25,26)/b28-21+. The van der Waals surface area contributed by atoms with E-state index in [4.69, 9.17) is 16.4 Å². The van der Waals surface area contributed by atoms with Crippen LogP contribution in [0.1, 0.15) is 29.3 Å². The van der Waals surface area contributed by atoms with Crippen molar-refractivity contribution in [3.05, 3.63) is 82.4 Å². The maximum absolute atomic E-state index is 13.2. The molecule has 0 spiro atoms. The predicted molar refractivity (Wildman–Crippen MR) is 129 cm³/mol. The van der Waals surface area contributed by atoms with Crippen molar-refractivity contribution < 1.29 is 13.3 Å². The predicted octanol–water partition coefficient (Wildman–Crippen LogP) is 4.82. The van der Waals surface area contributed by atoms with Crippen molar-refractivity contribution in [2.75, 3.05) is 11.3 Å². The lowest BCUT2D eigenvalue weighted by atomic mass is 10.0. The number of aryl methyl sites for hydroxylation is 2. The first-order chi connectivity index (χ1) is 15.8. The highest BCUT2D eigenvalue weighted by atomic mass is 35.5. The van der Waals surface area contributed by atoms with E-state index in [9.17, 15) is 8.42 Å². The fraction of sp³-hybridized carbons (Fsp3) is 0.174. The smallest absolute Gasteiger partial charge is 0.261 e. The maximum Gasteiger partial charge on any atom is 0.261 e. The van der Waals surface area contributed by atoms with Gasteiger partial charge in [-0.2, -0.15) is 0 Å². The normalized spacial score (nSPS) is 12.2. The number of pyridine rings is 2. The Bertz CT molecular complexity index is 1460. The average molecular weight is 484 g/mol. The SMILES string of the molecule is CCO/N=C(/c1ncc(Cl)cc1NS(=O)(=O)c1ccc(C)c(C)c1)c1ccnc2[nH]ccc12. The minimum absolute atomic E-state index is 0.136. The van der Waals surface area contributed by atoms with Crippen LogP contribution < -0.4 is 4.72 Å². The Labute approximate surface area is 196 Å². The van der Waals surface area contributed by atoms with E-state index in [1.165, 1.54) is 12.3 Å². The molecule has 10 heteroatoms. The maximum atomic E-state index is 13.2. The lowest BCUT2D eigenvalue weighted by Gasteiger charge is -2.15. The molecule has 1 aromatic carbocycles. The molecule has 3 heterocycles. The van der Waals surface area contributed by atoms with E-state index in [2.05, 4.69) is 24.8 Å². The first kappa shape index (κ1) is 22.8. The quantitative estimate of drug-likeness (QED) is 0.289. The van der Waals surface area contributed by atoms with Crippen LogP contribution >= 0.6 is 11.6 Å². The van der Waals surface area contributed by atoms with Crippen LogP contribution in [0, 0.1) is 13.8 Å². The molecule has 0 atom stereocenters. The number of hydrogen-bond donors (Lipinski definition) is 2. The van der Waals surface area contributed by atoms with E-state index in [-0.39, 0.29) is 21.3 Å². The van der Waals surface area contributed by atoms with E-state index in [1.54, 1.807) is 43.6 Å². The molecule has 0 saturated carbocycles. The summed E-state index contributed by atoms with van der Waals surface area (Å²) in [6, 6.07) is 10.1. The largest absolute Gasteiger partial charge is 0.396 e. The Morgan fingerprint density at radius 2 is 1.97 bits per heavy atom. The lowest BCUT2D eigenvalue weighted by Crippen LogP contribution is -2.18. The average Bonchev–Trinajstić information content (AvgIpc) is 3.26. The topological polar surface area (TPSA) is 109 Å². The Hall–Kier alpha value is -3.43. The van der Waals surface area contributed by atoms with Crippen molar-refractivity contribution in [3.63, 3.8) is 0 Å². The molecule has 0 unspecified atom stereocenters. The van der Waals surface area contributed by atoms with Gasteiger partial charge in [-0.15, -0.1) is 0 Å². The van der Waals surface area contributed by atoms with Crippen LogP contribution in [0.3, 0.4) is 0 Å². The second-order valence-electron chi connectivity index (χ2n) is 7.36. The number of oxime groups is 1. The van der Waals surface area contributed by atoms with Crippen LogP contribution in [0.2, 0.25) is 5.02 Å². The third kappa shape index (κ3) is 4.69. The molecular weight excluding hydrogens is 462 g/mol. The highest BCUT2D eigenvalue weighted by Gasteiger charge is 2.23. The molecule has 0 aliphatic rings. The van der Waals surface area contributed by atoms with Crippen LogP contribution in [0.4, 0.5) is 5.69 Å². The number of fused-ring (bicyclic) bond motifs is 1. The van der Waals surface area contributed by atoms with E-state index in [0.717, 1.165) is 16.5 Å². The zero-order valence-electron chi connectivity index (χ0n) is 18.3. The van der Waals surface area contributed by atoms with Crippen molar-refractivity contribution in [1.82, 2.24) is 15.0 Å². The molecule has 33 heavy (non-hydrogen) atoms.